The predicted molar refractivity (Wildman–Crippen MR) is 85.5 cm³/mol. The van der Waals surface area contributed by atoms with Crippen LogP contribution in [0.5, 0.6) is 0 Å². The van der Waals surface area contributed by atoms with Gasteiger partial charge in [-0.05, 0) is 62.6 Å². The highest BCUT2D eigenvalue weighted by molar-refractivity contribution is 6.74. The molecule has 20 heavy (non-hydrogen) atoms. The lowest BCUT2D eigenvalue weighted by atomic mass is 9.84. The van der Waals surface area contributed by atoms with E-state index in [0.717, 1.165) is 25.7 Å². The monoisotopic (exact) mass is 300 g/mol. The summed E-state index contributed by atoms with van der Waals surface area (Å²) in [5.74, 6) is 0.0496. The summed E-state index contributed by atoms with van der Waals surface area (Å²) in [7, 11) is -1.63. The van der Waals surface area contributed by atoms with Crippen LogP contribution >= 0.6 is 0 Å². The first kappa shape index (κ1) is 17.7. The minimum atomic E-state index is -1.63. The fraction of sp³-hybridized carbons (Fsp3) is 0.938. The van der Waals surface area contributed by atoms with Crippen molar-refractivity contribution in [2.75, 3.05) is 0 Å². The Morgan fingerprint density at radius 2 is 1.75 bits per heavy atom. The van der Waals surface area contributed by atoms with Crippen molar-refractivity contribution in [2.45, 2.75) is 90.0 Å². The summed E-state index contributed by atoms with van der Waals surface area (Å²) in [5, 5.41) is 8.96. The van der Waals surface area contributed by atoms with Crippen LogP contribution in [0.2, 0.25) is 18.1 Å². The molecule has 0 bridgehead atoms. The van der Waals surface area contributed by atoms with E-state index < -0.39 is 14.3 Å². The number of hydrogen-bond donors (Lipinski definition) is 1. The van der Waals surface area contributed by atoms with Gasteiger partial charge in [0.15, 0.2) is 8.32 Å². The smallest absolute Gasteiger partial charge is 0.303 e. The zero-order chi connectivity index (χ0) is 15.4. The molecule has 1 saturated carbocycles. The first-order valence-corrected chi connectivity index (χ1v) is 10.9. The summed E-state index contributed by atoms with van der Waals surface area (Å²) in [6.07, 6.45) is 7.38. The fourth-order valence-corrected chi connectivity index (χ4v) is 4.10. The Balaban J connectivity index is 2.30. The van der Waals surface area contributed by atoms with Crippen molar-refractivity contribution in [3.05, 3.63) is 0 Å². The maximum atomic E-state index is 10.5. The Bertz CT molecular complexity index is 312. The average molecular weight is 301 g/mol. The maximum absolute atomic E-state index is 10.5. The van der Waals surface area contributed by atoms with Crippen molar-refractivity contribution in [1.29, 1.82) is 0 Å². The van der Waals surface area contributed by atoms with Crippen molar-refractivity contribution >= 4 is 14.3 Å². The molecule has 0 spiro atoms. The lowest BCUT2D eigenvalue weighted by Gasteiger charge is -2.41. The molecule has 1 fully saturated rings. The Morgan fingerprint density at radius 3 is 2.20 bits per heavy atom. The maximum Gasteiger partial charge on any atom is 0.303 e. The fourth-order valence-electron chi connectivity index (χ4n) is 2.67. The van der Waals surface area contributed by atoms with Crippen LogP contribution in [0.15, 0.2) is 0 Å². The highest BCUT2D eigenvalue weighted by Gasteiger charge is 2.39. The minimum absolute atomic E-state index is 0.283. The summed E-state index contributed by atoms with van der Waals surface area (Å²) < 4.78 is 6.48. The van der Waals surface area contributed by atoms with E-state index in [1.54, 1.807) is 0 Å². The van der Waals surface area contributed by atoms with Gasteiger partial charge in [-0.25, -0.2) is 0 Å². The van der Waals surface area contributed by atoms with Gasteiger partial charge >= 0.3 is 5.97 Å². The normalized spacial score (nSPS) is 24.6. The number of carbonyl (C=O) groups is 1. The molecular weight excluding hydrogens is 268 g/mol. The molecule has 1 rings (SSSR count). The van der Waals surface area contributed by atoms with Crippen LogP contribution < -0.4 is 0 Å². The van der Waals surface area contributed by atoms with Crippen LogP contribution in [0, 0.1) is 5.92 Å². The van der Waals surface area contributed by atoms with E-state index in [1.807, 2.05) is 0 Å². The molecule has 0 aliphatic heterocycles. The van der Waals surface area contributed by atoms with Crippen LogP contribution in [-0.2, 0) is 9.22 Å². The Kier molecular flexibility index (Phi) is 6.26. The second-order valence-electron chi connectivity index (χ2n) is 7.81. The van der Waals surface area contributed by atoms with Crippen molar-refractivity contribution in [3.8, 4) is 0 Å². The predicted octanol–water partition coefficient (Wildman–Crippen LogP) is 4.82. The van der Waals surface area contributed by atoms with E-state index >= 15 is 0 Å². The van der Waals surface area contributed by atoms with Crippen LogP contribution in [0.3, 0.4) is 0 Å². The molecule has 0 saturated heterocycles. The van der Waals surface area contributed by atoms with Crippen molar-refractivity contribution in [3.63, 3.8) is 0 Å². The third kappa shape index (κ3) is 5.56. The number of carboxylic acids is 1. The first-order chi connectivity index (χ1) is 9.12. The summed E-state index contributed by atoms with van der Waals surface area (Å²) in [4.78, 5) is 10.5. The summed E-state index contributed by atoms with van der Waals surface area (Å²) >= 11 is 0. The van der Waals surface area contributed by atoms with Crippen LogP contribution in [0.25, 0.3) is 0 Å². The lowest BCUT2D eigenvalue weighted by Crippen LogP contribution is -2.44. The van der Waals surface area contributed by atoms with E-state index in [2.05, 4.69) is 33.9 Å². The van der Waals surface area contributed by atoms with Gasteiger partial charge in [-0.1, -0.05) is 20.8 Å². The molecule has 1 aliphatic rings. The molecule has 0 aromatic heterocycles. The molecule has 0 amide bonds. The van der Waals surface area contributed by atoms with Crippen LogP contribution in [-0.4, -0.2) is 25.5 Å². The zero-order valence-corrected chi connectivity index (χ0v) is 14.9. The van der Waals surface area contributed by atoms with Gasteiger partial charge in [0.05, 0.1) is 0 Å². The molecule has 3 nitrogen and oxygen atoms in total. The van der Waals surface area contributed by atoms with Gasteiger partial charge in [-0.15, -0.1) is 0 Å². The SMILES string of the molecule is CC(C)(C)[Si](C)(C)OC1CCC(CCCC(=O)O)CC1. The third-order valence-corrected chi connectivity index (χ3v) is 9.60. The Labute approximate surface area is 125 Å². The quantitative estimate of drug-likeness (QED) is 0.715. The summed E-state index contributed by atoms with van der Waals surface area (Å²) in [6.45, 7) is 11.5. The Hall–Kier alpha value is -0.353. The highest BCUT2D eigenvalue weighted by Crippen LogP contribution is 2.40. The van der Waals surface area contributed by atoms with E-state index in [4.69, 9.17) is 9.53 Å². The molecule has 0 radical (unpaired) electrons. The minimum Gasteiger partial charge on any atom is -0.481 e. The van der Waals surface area contributed by atoms with Gasteiger partial charge < -0.3 is 9.53 Å². The molecule has 0 aromatic rings. The van der Waals surface area contributed by atoms with Gasteiger partial charge in [0.25, 0.3) is 0 Å². The summed E-state index contributed by atoms with van der Waals surface area (Å²) in [6, 6.07) is 0. The number of aliphatic carboxylic acids is 1. The standard InChI is InChI=1S/C16H32O3Si/c1-16(2,3)20(4,5)19-14-11-9-13(10-12-14)7-6-8-15(17)18/h13-14H,6-12H2,1-5H3,(H,17,18). The topological polar surface area (TPSA) is 46.5 Å². The molecule has 4 heteroatoms. The molecule has 0 unspecified atom stereocenters. The molecule has 0 atom stereocenters. The molecule has 0 heterocycles. The van der Waals surface area contributed by atoms with Crippen LogP contribution in [0.4, 0.5) is 0 Å². The summed E-state index contributed by atoms with van der Waals surface area (Å²) in [5.41, 5.74) is 0. The number of carboxylic acid groups (broad SMARTS) is 1. The van der Waals surface area contributed by atoms with Crippen LogP contribution in [0.1, 0.15) is 65.7 Å². The number of rotatable bonds is 6. The zero-order valence-electron chi connectivity index (χ0n) is 13.9. The van der Waals surface area contributed by atoms with E-state index in [-0.39, 0.29) is 5.04 Å². The van der Waals surface area contributed by atoms with Gasteiger partial charge in [-0.2, -0.15) is 0 Å². The molecule has 1 N–H and O–H groups in total. The van der Waals surface area contributed by atoms with E-state index in [9.17, 15) is 4.79 Å². The second-order valence-corrected chi connectivity index (χ2v) is 12.6. The average Bonchev–Trinajstić information content (AvgIpc) is 2.29. The van der Waals surface area contributed by atoms with Crippen molar-refractivity contribution < 1.29 is 14.3 Å². The largest absolute Gasteiger partial charge is 0.481 e. The molecular formula is C16H32O3Si. The molecule has 1 aliphatic carbocycles. The van der Waals surface area contributed by atoms with Gasteiger partial charge in [-0.3, -0.25) is 4.79 Å². The number of hydrogen-bond acceptors (Lipinski definition) is 2. The first-order valence-electron chi connectivity index (χ1n) is 8.01. The van der Waals surface area contributed by atoms with Crippen molar-refractivity contribution in [2.24, 2.45) is 5.92 Å². The van der Waals surface area contributed by atoms with Gasteiger partial charge in [0.1, 0.15) is 0 Å². The van der Waals surface area contributed by atoms with Gasteiger partial charge in [0, 0.05) is 12.5 Å². The van der Waals surface area contributed by atoms with E-state index in [1.165, 1.54) is 12.8 Å². The van der Waals surface area contributed by atoms with Crippen molar-refractivity contribution in [1.82, 2.24) is 0 Å². The van der Waals surface area contributed by atoms with Gasteiger partial charge in [0.2, 0.25) is 0 Å². The molecule has 118 valence electrons. The highest BCUT2D eigenvalue weighted by atomic mass is 28.4. The third-order valence-electron chi connectivity index (χ3n) is 5.06. The second kappa shape index (κ2) is 7.08. The lowest BCUT2D eigenvalue weighted by molar-refractivity contribution is -0.137. The Morgan fingerprint density at radius 1 is 1.20 bits per heavy atom. The van der Waals surface area contributed by atoms with E-state index in [0.29, 0.717) is 18.4 Å². The molecule has 0 aromatic carbocycles.